The first kappa shape index (κ1) is 12.0. The van der Waals surface area contributed by atoms with Gasteiger partial charge in [-0.05, 0) is 26.7 Å². The van der Waals surface area contributed by atoms with Crippen LogP contribution in [0.3, 0.4) is 0 Å². The molecule has 6 nitrogen and oxygen atoms in total. The van der Waals surface area contributed by atoms with Gasteiger partial charge in [-0.3, -0.25) is 19.3 Å². The van der Waals surface area contributed by atoms with Crippen molar-refractivity contribution in [1.29, 1.82) is 0 Å². The Balaban J connectivity index is 2.27. The maximum atomic E-state index is 12.0. The van der Waals surface area contributed by atoms with E-state index in [-0.39, 0.29) is 6.42 Å². The fourth-order valence-corrected chi connectivity index (χ4v) is 2.44. The van der Waals surface area contributed by atoms with Gasteiger partial charge in [0.05, 0.1) is 12.0 Å². The van der Waals surface area contributed by atoms with E-state index in [0.717, 1.165) is 4.90 Å². The number of aliphatic carboxylic acids is 1. The fraction of sp³-hybridized carbons (Fsp3) is 0.727. The first-order valence-corrected chi connectivity index (χ1v) is 5.58. The van der Waals surface area contributed by atoms with Gasteiger partial charge in [-0.1, -0.05) is 0 Å². The lowest BCUT2D eigenvalue weighted by atomic mass is 9.96. The standard InChI is InChI=1S/C11H15NO5/c1-11(2,5-8(13)14)12-9(15)6-3-4-7(17-6)10(12)16/h6-7H,3-5H2,1-2H3,(H,13,14). The number of likely N-dealkylation sites (tertiary alicyclic amines) is 1. The van der Waals surface area contributed by atoms with Gasteiger partial charge in [0, 0.05) is 0 Å². The van der Waals surface area contributed by atoms with Gasteiger partial charge in [-0.15, -0.1) is 0 Å². The first-order chi connectivity index (χ1) is 7.83. The molecule has 0 aromatic heterocycles. The van der Waals surface area contributed by atoms with E-state index in [9.17, 15) is 14.4 Å². The van der Waals surface area contributed by atoms with E-state index in [0.29, 0.717) is 12.8 Å². The van der Waals surface area contributed by atoms with Crippen molar-refractivity contribution in [1.82, 2.24) is 4.90 Å². The number of ether oxygens (including phenoxy) is 1. The van der Waals surface area contributed by atoms with Crippen molar-refractivity contribution in [3.63, 3.8) is 0 Å². The number of nitrogens with zero attached hydrogens (tertiary/aromatic N) is 1. The van der Waals surface area contributed by atoms with Crippen LogP contribution in [0, 0.1) is 0 Å². The number of amides is 2. The average Bonchev–Trinajstić information content (AvgIpc) is 2.58. The van der Waals surface area contributed by atoms with Crippen molar-refractivity contribution < 1.29 is 24.2 Å². The van der Waals surface area contributed by atoms with Gasteiger partial charge < -0.3 is 9.84 Å². The highest BCUT2D eigenvalue weighted by Crippen LogP contribution is 2.33. The van der Waals surface area contributed by atoms with Crippen LogP contribution in [0.15, 0.2) is 0 Å². The summed E-state index contributed by atoms with van der Waals surface area (Å²) in [4.78, 5) is 35.9. The van der Waals surface area contributed by atoms with Crippen molar-refractivity contribution in [3.05, 3.63) is 0 Å². The van der Waals surface area contributed by atoms with Crippen molar-refractivity contribution >= 4 is 17.8 Å². The summed E-state index contributed by atoms with van der Waals surface area (Å²) in [5, 5.41) is 8.82. The molecule has 2 rings (SSSR count). The minimum absolute atomic E-state index is 0.260. The van der Waals surface area contributed by atoms with Crippen LogP contribution in [0.2, 0.25) is 0 Å². The van der Waals surface area contributed by atoms with Crippen molar-refractivity contribution in [2.24, 2.45) is 0 Å². The molecule has 2 heterocycles. The predicted octanol–water partition coefficient (Wildman–Crippen LogP) is 0.156. The number of fused-ring (bicyclic) bond motifs is 2. The van der Waals surface area contributed by atoms with Gasteiger partial charge in [0.1, 0.15) is 12.2 Å². The lowest BCUT2D eigenvalue weighted by Gasteiger charge is -2.40. The summed E-state index contributed by atoms with van der Waals surface area (Å²) in [6, 6.07) is 0. The number of imide groups is 1. The Morgan fingerprint density at radius 1 is 1.35 bits per heavy atom. The topological polar surface area (TPSA) is 83.9 Å². The molecule has 2 aliphatic rings. The van der Waals surface area contributed by atoms with Crippen molar-refractivity contribution in [2.45, 2.75) is 50.9 Å². The minimum Gasteiger partial charge on any atom is -0.481 e. The van der Waals surface area contributed by atoms with Gasteiger partial charge >= 0.3 is 5.97 Å². The summed E-state index contributed by atoms with van der Waals surface area (Å²) < 4.78 is 5.26. The van der Waals surface area contributed by atoms with E-state index in [1.165, 1.54) is 0 Å². The van der Waals surface area contributed by atoms with Crippen LogP contribution in [0.4, 0.5) is 0 Å². The van der Waals surface area contributed by atoms with Crippen LogP contribution >= 0.6 is 0 Å². The molecule has 94 valence electrons. The van der Waals surface area contributed by atoms with Crippen molar-refractivity contribution in [2.75, 3.05) is 0 Å². The summed E-state index contributed by atoms with van der Waals surface area (Å²) in [6.45, 7) is 3.17. The Hall–Kier alpha value is -1.43. The molecule has 0 saturated carbocycles. The summed E-state index contributed by atoms with van der Waals surface area (Å²) >= 11 is 0. The number of carbonyl (C=O) groups excluding carboxylic acids is 2. The van der Waals surface area contributed by atoms with Crippen LogP contribution in [0.1, 0.15) is 33.1 Å². The second-order valence-electron chi connectivity index (χ2n) is 5.09. The Labute approximate surface area is 98.5 Å². The van der Waals surface area contributed by atoms with Gasteiger partial charge in [0.15, 0.2) is 0 Å². The summed E-state index contributed by atoms with van der Waals surface area (Å²) in [5.41, 5.74) is -1.01. The zero-order chi connectivity index (χ0) is 12.8. The van der Waals surface area contributed by atoms with E-state index in [1.54, 1.807) is 13.8 Å². The van der Waals surface area contributed by atoms with Crippen LogP contribution in [-0.2, 0) is 19.1 Å². The second-order valence-corrected chi connectivity index (χ2v) is 5.09. The number of morpholine rings is 1. The normalized spacial score (nSPS) is 28.7. The summed E-state index contributed by atoms with van der Waals surface area (Å²) in [5.74, 6) is -1.85. The maximum absolute atomic E-state index is 12.0. The van der Waals surface area contributed by atoms with Gasteiger partial charge in [-0.2, -0.15) is 0 Å². The number of carbonyl (C=O) groups is 3. The summed E-state index contributed by atoms with van der Waals surface area (Å²) in [6.07, 6.45) is -0.343. The molecule has 0 radical (unpaired) electrons. The van der Waals surface area contributed by atoms with Gasteiger partial charge in [0.25, 0.3) is 11.8 Å². The molecule has 1 N–H and O–H groups in total. The van der Waals surface area contributed by atoms with E-state index in [4.69, 9.17) is 9.84 Å². The SMILES string of the molecule is CC(C)(CC(=O)O)N1C(=O)C2CCC(O2)C1=O. The monoisotopic (exact) mass is 241 g/mol. The van der Waals surface area contributed by atoms with E-state index >= 15 is 0 Å². The summed E-state index contributed by atoms with van der Waals surface area (Å²) in [7, 11) is 0. The minimum atomic E-state index is -1.03. The molecule has 0 aromatic carbocycles. The third kappa shape index (κ3) is 1.93. The molecule has 2 fully saturated rings. The molecule has 2 bridgehead atoms. The van der Waals surface area contributed by atoms with Gasteiger partial charge in [0.2, 0.25) is 0 Å². The zero-order valence-corrected chi connectivity index (χ0v) is 9.80. The molecular weight excluding hydrogens is 226 g/mol. The molecule has 2 unspecified atom stereocenters. The number of carboxylic acids is 1. The number of hydrogen-bond donors (Lipinski definition) is 1. The number of rotatable bonds is 3. The van der Waals surface area contributed by atoms with E-state index in [1.807, 2.05) is 0 Å². The van der Waals surface area contributed by atoms with Crippen LogP contribution in [0.5, 0.6) is 0 Å². The largest absolute Gasteiger partial charge is 0.481 e. The molecule has 2 amide bonds. The molecule has 0 aromatic rings. The fourth-order valence-electron chi connectivity index (χ4n) is 2.44. The maximum Gasteiger partial charge on any atom is 0.305 e. The molecule has 17 heavy (non-hydrogen) atoms. The van der Waals surface area contributed by atoms with E-state index < -0.39 is 35.5 Å². The number of carboxylic acid groups (broad SMARTS) is 1. The average molecular weight is 241 g/mol. The third-order valence-electron chi connectivity index (χ3n) is 3.20. The quantitative estimate of drug-likeness (QED) is 0.711. The van der Waals surface area contributed by atoms with Gasteiger partial charge in [-0.25, -0.2) is 0 Å². The molecule has 2 atom stereocenters. The zero-order valence-electron chi connectivity index (χ0n) is 9.80. The Morgan fingerprint density at radius 2 is 1.82 bits per heavy atom. The highest BCUT2D eigenvalue weighted by atomic mass is 16.5. The number of hydrogen-bond acceptors (Lipinski definition) is 4. The Kier molecular flexibility index (Phi) is 2.69. The second kappa shape index (κ2) is 3.80. The Bertz CT molecular complexity index is 367. The molecule has 2 aliphatic heterocycles. The Morgan fingerprint density at radius 3 is 2.24 bits per heavy atom. The smallest absolute Gasteiger partial charge is 0.305 e. The van der Waals surface area contributed by atoms with Crippen LogP contribution in [-0.4, -0.2) is 45.5 Å². The highest BCUT2D eigenvalue weighted by Gasteiger charge is 2.51. The molecular formula is C11H15NO5. The molecule has 2 saturated heterocycles. The molecule has 6 heteroatoms. The first-order valence-electron chi connectivity index (χ1n) is 5.58. The molecule has 0 aliphatic carbocycles. The van der Waals surface area contributed by atoms with E-state index in [2.05, 4.69) is 0 Å². The van der Waals surface area contributed by atoms with Crippen molar-refractivity contribution in [3.8, 4) is 0 Å². The van der Waals surface area contributed by atoms with Crippen LogP contribution in [0.25, 0.3) is 0 Å². The lowest BCUT2D eigenvalue weighted by molar-refractivity contribution is -0.176. The lowest BCUT2D eigenvalue weighted by Crippen LogP contribution is -2.60. The molecule has 0 spiro atoms. The highest BCUT2D eigenvalue weighted by molar-refractivity contribution is 6.03. The van der Waals surface area contributed by atoms with Crippen LogP contribution < -0.4 is 0 Å². The predicted molar refractivity (Wildman–Crippen MR) is 56.1 cm³/mol. The third-order valence-corrected chi connectivity index (χ3v) is 3.20.